The first kappa shape index (κ1) is 16.4. The number of carbonyl (C=O) groups is 1. The van der Waals surface area contributed by atoms with E-state index in [0.717, 1.165) is 36.8 Å². The molecule has 0 saturated heterocycles. The zero-order valence-corrected chi connectivity index (χ0v) is 11.6. The number of rotatable bonds is 10. The topological polar surface area (TPSA) is 26.3 Å². The number of hydrogen-bond donors (Lipinski definition) is 0. The Morgan fingerprint density at radius 2 is 1.72 bits per heavy atom. The van der Waals surface area contributed by atoms with Gasteiger partial charge in [-0.3, -0.25) is 4.79 Å². The van der Waals surface area contributed by atoms with Gasteiger partial charge in [-0.25, -0.2) is 0 Å². The molecule has 100 valence electrons. The summed E-state index contributed by atoms with van der Waals surface area (Å²) >= 11 is 0. The molecule has 2 nitrogen and oxygen atoms in total. The Labute approximate surface area is 111 Å². The molecule has 0 amide bonds. The Hall–Kier alpha value is -1.57. The van der Waals surface area contributed by atoms with Crippen molar-refractivity contribution in [2.24, 2.45) is 0 Å². The second-order valence-electron chi connectivity index (χ2n) is 4.45. The van der Waals surface area contributed by atoms with Crippen LogP contribution < -0.4 is 0 Å². The fraction of sp³-hybridized carbons (Fsp3) is 0.438. The quantitative estimate of drug-likeness (QED) is 0.326. The smallest absolute Gasteiger partial charge is 0.293 e. The molecule has 0 radical (unpaired) electrons. The molecule has 0 atom stereocenters. The Balaban J connectivity index is 3.84. The van der Waals surface area contributed by atoms with Crippen molar-refractivity contribution in [3.05, 3.63) is 48.1 Å². The molecule has 0 N–H and O–H groups in total. The fourth-order valence-electron chi connectivity index (χ4n) is 1.48. The van der Waals surface area contributed by atoms with E-state index >= 15 is 0 Å². The molecule has 18 heavy (non-hydrogen) atoms. The second kappa shape index (κ2) is 10.6. The molecule has 0 spiro atoms. The van der Waals surface area contributed by atoms with E-state index in [4.69, 9.17) is 0 Å². The number of ether oxygens (including phenoxy) is 1. The van der Waals surface area contributed by atoms with E-state index < -0.39 is 0 Å². The molecule has 2 heteroatoms. The first-order valence-electron chi connectivity index (χ1n) is 6.27. The number of allylic oxidation sites excluding steroid dienone is 5. The van der Waals surface area contributed by atoms with Crippen molar-refractivity contribution in [1.82, 2.24) is 0 Å². The monoisotopic (exact) mass is 248 g/mol. The summed E-state index contributed by atoms with van der Waals surface area (Å²) < 4.78 is 4.67. The molecule has 0 aromatic carbocycles. The maximum Gasteiger partial charge on any atom is 0.293 e. The first-order valence-corrected chi connectivity index (χ1v) is 6.27. The minimum absolute atomic E-state index is 0.394. The van der Waals surface area contributed by atoms with Crippen molar-refractivity contribution >= 4 is 6.47 Å². The van der Waals surface area contributed by atoms with Gasteiger partial charge in [0.1, 0.15) is 6.61 Å². The largest absolute Gasteiger partial charge is 0.463 e. The van der Waals surface area contributed by atoms with Crippen LogP contribution in [-0.4, -0.2) is 13.1 Å². The van der Waals surface area contributed by atoms with E-state index in [1.54, 1.807) is 0 Å². The van der Waals surface area contributed by atoms with Crippen molar-refractivity contribution in [3.63, 3.8) is 0 Å². The third kappa shape index (κ3) is 9.64. The van der Waals surface area contributed by atoms with Gasteiger partial charge in [-0.2, -0.15) is 0 Å². The van der Waals surface area contributed by atoms with Gasteiger partial charge in [0, 0.05) is 0 Å². The molecule has 0 saturated carbocycles. The molecular formula is C16H24O2. The van der Waals surface area contributed by atoms with Gasteiger partial charge in [-0.1, -0.05) is 42.5 Å². The molecule has 0 bridgehead atoms. The van der Waals surface area contributed by atoms with Gasteiger partial charge in [-0.05, 0) is 45.1 Å². The van der Waals surface area contributed by atoms with Crippen molar-refractivity contribution in [1.29, 1.82) is 0 Å². The van der Waals surface area contributed by atoms with Crippen LogP contribution >= 0.6 is 0 Å². The van der Waals surface area contributed by atoms with Crippen LogP contribution in [-0.2, 0) is 9.53 Å². The van der Waals surface area contributed by atoms with Gasteiger partial charge in [0.15, 0.2) is 0 Å². The molecule has 0 aromatic rings. The minimum Gasteiger partial charge on any atom is -0.463 e. The SMILES string of the molecule is C=CC(=C)CCC=C(C)CCC=C(C)COC=O. The summed E-state index contributed by atoms with van der Waals surface area (Å²) in [6.45, 7) is 12.6. The molecular weight excluding hydrogens is 224 g/mol. The van der Waals surface area contributed by atoms with Crippen LogP contribution in [0.1, 0.15) is 39.5 Å². The highest BCUT2D eigenvalue weighted by Crippen LogP contribution is 2.11. The lowest BCUT2D eigenvalue weighted by atomic mass is 10.1. The van der Waals surface area contributed by atoms with Crippen LogP contribution in [0, 0.1) is 0 Å². The molecule has 0 heterocycles. The maximum absolute atomic E-state index is 10.0. The van der Waals surface area contributed by atoms with E-state index in [-0.39, 0.29) is 0 Å². The second-order valence-corrected chi connectivity index (χ2v) is 4.45. The van der Waals surface area contributed by atoms with Gasteiger partial charge in [0.2, 0.25) is 0 Å². The highest BCUT2D eigenvalue weighted by Gasteiger charge is 1.92. The Bertz CT molecular complexity index is 335. The molecule has 0 aliphatic carbocycles. The van der Waals surface area contributed by atoms with E-state index in [2.05, 4.69) is 37.0 Å². The van der Waals surface area contributed by atoms with E-state index in [1.807, 2.05) is 13.0 Å². The lowest BCUT2D eigenvalue weighted by molar-refractivity contribution is -0.127. The standard InChI is InChI=1S/C16H24O2/c1-5-14(2)8-6-9-15(3)10-7-11-16(4)12-18-13-17/h5,9,11,13H,1-2,6-8,10,12H2,3-4H3. The molecule has 0 fully saturated rings. The van der Waals surface area contributed by atoms with Gasteiger partial charge < -0.3 is 4.74 Å². The van der Waals surface area contributed by atoms with Crippen molar-refractivity contribution in [3.8, 4) is 0 Å². The van der Waals surface area contributed by atoms with Crippen LogP contribution in [0.2, 0.25) is 0 Å². The highest BCUT2D eigenvalue weighted by atomic mass is 16.5. The van der Waals surface area contributed by atoms with E-state index in [1.165, 1.54) is 5.57 Å². The minimum atomic E-state index is 0.394. The summed E-state index contributed by atoms with van der Waals surface area (Å²) in [7, 11) is 0. The zero-order chi connectivity index (χ0) is 13.8. The van der Waals surface area contributed by atoms with Crippen molar-refractivity contribution < 1.29 is 9.53 Å². The Morgan fingerprint density at radius 3 is 2.33 bits per heavy atom. The highest BCUT2D eigenvalue weighted by molar-refractivity contribution is 5.37. The summed E-state index contributed by atoms with van der Waals surface area (Å²) in [4.78, 5) is 10.0. The average Bonchev–Trinajstić information content (AvgIpc) is 2.36. The Kier molecular flexibility index (Phi) is 9.65. The zero-order valence-electron chi connectivity index (χ0n) is 11.6. The summed E-state index contributed by atoms with van der Waals surface area (Å²) in [6, 6.07) is 0. The number of carbonyl (C=O) groups excluding carboxylic acids is 1. The summed E-state index contributed by atoms with van der Waals surface area (Å²) in [5.74, 6) is 0. The first-order chi connectivity index (χ1) is 8.60. The van der Waals surface area contributed by atoms with Crippen LogP contribution in [0.5, 0.6) is 0 Å². The summed E-state index contributed by atoms with van der Waals surface area (Å²) in [6.07, 6.45) is 10.2. The molecule has 0 rings (SSSR count). The third-order valence-electron chi connectivity index (χ3n) is 2.66. The van der Waals surface area contributed by atoms with E-state index in [0.29, 0.717) is 13.1 Å². The van der Waals surface area contributed by atoms with Crippen molar-refractivity contribution in [2.75, 3.05) is 6.61 Å². The normalized spacial score (nSPS) is 12.1. The lowest BCUT2D eigenvalue weighted by Gasteiger charge is -2.01. The molecule has 0 aliphatic rings. The fourth-order valence-corrected chi connectivity index (χ4v) is 1.48. The van der Waals surface area contributed by atoms with Gasteiger partial charge in [-0.15, -0.1) is 0 Å². The van der Waals surface area contributed by atoms with Gasteiger partial charge in [0.05, 0.1) is 0 Å². The Morgan fingerprint density at radius 1 is 1.11 bits per heavy atom. The van der Waals surface area contributed by atoms with E-state index in [9.17, 15) is 4.79 Å². The lowest BCUT2D eigenvalue weighted by Crippen LogP contribution is -1.92. The van der Waals surface area contributed by atoms with Crippen LogP contribution in [0.15, 0.2) is 48.1 Å². The van der Waals surface area contributed by atoms with Crippen LogP contribution in [0.3, 0.4) is 0 Å². The van der Waals surface area contributed by atoms with Crippen LogP contribution in [0.4, 0.5) is 0 Å². The van der Waals surface area contributed by atoms with Crippen molar-refractivity contribution in [2.45, 2.75) is 39.5 Å². The molecule has 0 aliphatic heterocycles. The maximum atomic E-state index is 10.0. The third-order valence-corrected chi connectivity index (χ3v) is 2.66. The van der Waals surface area contributed by atoms with Gasteiger partial charge >= 0.3 is 0 Å². The number of hydrogen-bond acceptors (Lipinski definition) is 2. The molecule has 0 aromatic heterocycles. The average molecular weight is 248 g/mol. The van der Waals surface area contributed by atoms with Crippen LogP contribution in [0.25, 0.3) is 0 Å². The summed E-state index contributed by atoms with van der Waals surface area (Å²) in [5, 5.41) is 0. The molecule has 0 unspecified atom stereocenters. The predicted molar refractivity (Wildman–Crippen MR) is 77.3 cm³/mol. The predicted octanol–water partition coefficient (Wildman–Crippen LogP) is 4.35. The van der Waals surface area contributed by atoms with Gasteiger partial charge in [0.25, 0.3) is 6.47 Å². The summed E-state index contributed by atoms with van der Waals surface area (Å²) in [5.41, 5.74) is 3.56.